The Morgan fingerprint density at radius 3 is 3.10 bits per heavy atom. The average Bonchev–Trinajstić information content (AvgIpc) is 2.05. The average molecular weight is 138 g/mol. The number of carbonyl (C=O) groups excluding carboxylic acids is 1. The lowest BCUT2D eigenvalue weighted by atomic mass is 10.3. The molecule has 0 aliphatic carbocycles. The molecule has 0 aromatic carbocycles. The van der Waals surface area contributed by atoms with E-state index in [1.807, 2.05) is 0 Å². The van der Waals surface area contributed by atoms with Crippen molar-refractivity contribution in [3.05, 3.63) is 30.1 Å². The van der Waals surface area contributed by atoms with E-state index in [0.29, 0.717) is 5.56 Å². The van der Waals surface area contributed by atoms with Crippen LogP contribution in [0.15, 0.2) is 24.5 Å². The topological polar surface area (TPSA) is 42.0 Å². The second-order valence-electron chi connectivity index (χ2n) is 1.82. The molecule has 1 amide bonds. The molecule has 10 heavy (non-hydrogen) atoms. The largest absolute Gasteiger partial charge is 0.355 e. The molecule has 1 aromatic heterocycles. The lowest BCUT2D eigenvalue weighted by molar-refractivity contribution is 0.0963. The number of carbonyl (C=O) groups is 1. The molecule has 0 spiro atoms. The van der Waals surface area contributed by atoms with Crippen molar-refractivity contribution in [3.8, 4) is 0 Å². The second kappa shape index (κ2) is 2.96. The van der Waals surface area contributed by atoms with E-state index in [0.717, 1.165) is 0 Å². The first-order valence-electron chi connectivity index (χ1n) is 2.96. The van der Waals surface area contributed by atoms with Crippen molar-refractivity contribution in [2.75, 3.05) is 7.05 Å². The van der Waals surface area contributed by atoms with Crippen molar-refractivity contribution < 1.29 is 6.22 Å². The zero-order valence-corrected chi connectivity index (χ0v) is 5.66. The summed E-state index contributed by atoms with van der Waals surface area (Å²) in [6.45, 7) is 0. The minimum Gasteiger partial charge on any atom is -0.355 e. The standard InChI is InChI=1S/C7H8N2O.H2/c1-8-7(10)6-3-2-4-9-5-6;/h2-5H,1H3,(H,8,10);1H. The van der Waals surface area contributed by atoms with Gasteiger partial charge in [0, 0.05) is 20.9 Å². The van der Waals surface area contributed by atoms with E-state index in [4.69, 9.17) is 0 Å². The summed E-state index contributed by atoms with van der Waals surface area (Å²) in [7, 11) is 1.59. The van der Waals surface area contributed by atoms with Crippen molar-refractivity contribution >= 4 is 5.91 Å². The van der Waals surface area contributed by atoms with Gasteiger partial charge in [-0.05, 0) is 12.1 Å². The predicted molar refractivity (Wildman–Crippen MR) is 39.7 cm³/mol. The van der Waals surface area contributed by atoms with E-state index in [1.165, 1.54) is 6.20 Å². The van der Waals surface area contributed by atoms with Gasteiger partial charge in [0.25, 0.3) is 5.91 Å². The van der Waals surface area contributed by atoms with Crippen LogP contribution in [0.5, 0.6) is 0 Å². The Bertz CT molecular complexity index is 225. The van der Waals surface area contributed by atoms with Crippen molar-refractivity contribution in [1.29, 1.82) is 0 Å². The van der Waals surface area contributed by atoms with Crippen molar-refractivity contribution in [1.82, 2.24) is 10.3 Å². The molecular weight excluding hydrogens is 128 g/mol. The quantitative estimate of drug-likeness (QED) is 0.620. The Labute approximate surface area is 60.6 Å². The van der Waals surface area contributed by atoms with Crippen LogP contribution in [0.1, 0.15) is 11.8 Å². The minimum absolute atomic E-state index is 0. The van der Waals surface area contributed by atoms with Gasteiger partial charge in [-0.2, -0.15) is 0 Å². The van der Waals surface area contributed by atoms with E-state index in [9.17, 15) is 4.79 Å². The molecule has 0 fully saturated rings. The number of nitrogens with zero attached hydrogens (tertiary/aromatic N) is 1. The maximum atomic E-state index is 10.9. The van der Waals surface area contributed by atoms with E-state index < -0.39 is 0 Å². The molecule has 0 saturated carbocycles. The summed E-state index contributed by atoms with van der Waals surface area (Å²) in [6, 6.07) is 3.44. The first-order chi connectivity index (χ1) is 4.84. The van der Waals surface area contributed by atoms with Gasteiger partial charge in [-0.3, -0.25) is 9.78 Å². The Kier molecular flexibility index (Phi) is 1.99. The zero-order chi connectivity index (χ0) is 7.40. The normalized spacial score (nSPS) is 8.90. The van der Waals surface area contributed by atoms with Crippen LogP contribution in [0.3, 0.4) is 0 Å². The number of pyridine rings is 1. The second-order valence-corrected chi connectivity index (χ2v) is 1.82. The highest BCUT2D eigenvalue weighted by Gasteiger charge is 1.98. The van der Waals surface area contributed by atoms with Crippen LogP contribution in [0, 0.1) is 0 Å². The Hall–Kier alpha value is -1.38. The Balaban J connectivity index is 0.000001000. The summed E-state index contributed by atoms with van der Waals surface area (Å²) in [5, 5.41) is 2.50. The summed E-state index contributed by atoms with van der Waals surface area (Å²) < 4.78 is 0. The van der Waals surface area contributed by atoms with Gasteiger partial charge in [0.1, 0.15) is 0 Å². The molecule has 0 aliphatic rings. The summed E-state index contributed by atoms with van der Waals surface area (Å²) >= 11 is 0. The van der Waals surface area contributed by atoms with Gasteiger partial charge >= 0.3 is 0 Å². The third kappa shape index (κ3) is 1.31. The van der Waals surface area contributed by atoms with Gasteiger partial charge in [0.15, 0.2) is 0 Å². The van der Waals surface area contributed by atoms with Crippen molar-refractivity contribution in [2.45, 2.75) is 0 Å². The number of amides is 1. The summed E-state index contributed by atoms with van der Waals surface area (Å²) in [6.07, 6.45) is 3.16. The van der Waals surface area contributed by atoms with Crippen molar-refractivity contribution in [2.24, 2.45) is 0 Å². The minimum atomic E-state index is -0.104. The molecule has 0 saturated heterocycles. The fraction of sp³-hybridized carbons (Fsp3) is 0.143. The molecule has 0 atom stereocenters. The fourth-order valence-electron chi connectivity index (χ4n) is 0.641. The van der Waals surface area contributed by atoms with E-state index in [2.05, 4.69) is 10.3 Å². The lowest BCUT2D eigenvalue weighted by Crippen LogP contribution is -2.17. The van der Waals surface area contributed by atoms with Gasteiger partial charge in [0.05, 0.1) is 5.56 Å². The fourth-order valence-corrected chi connectivity index (χ4v) is 0.641. The zero-order valence-electron chi connectivity index (χ0n) is 5.66. The highest BCUT2D eigenvalue weighted by molar-refractivity contribution is 5.93. The monoisotopic (exact) mass is 138 g/mol. The third-order valence-corrected chi connectivity index (χ3v) is 1.15. The first-order valence-corrected chi connectivity index (χ1v) is 2.96. The van der Waals surface area contributed by atoms with Gasteiger partial charge in [-0.1, -0.05) is 0 Å². The number of hydrogen-bond acceptors (Lipinski definition) is 2. The Morgan fingerprint density at radius 1 is 1.80 bits per heavy atom. The van der Waals surface area contributed by atoms with Crippen molar-refractivity contribution in [3.63, 3.8) is 0 Å². The SMILES string of the molecule is CNC(=O)c1cccnc1.[HH]. The van der Waals surface area contributed by atoms with Crippen LogP contribution < -0.4 is 5.32 Å². The number of aromatic nitrogens is 1. The third-order valence-electron chi connectivity index (χ3n) is 1.15. The molecule has 0 aliphatic heterocycles. The summed E-state index contributed by atoms with van der Waals surface area (Å²) in [5.41, 5.74) is 0.588. The van der Waals surface area contributed by atoms with Crippen LogP contribution in [0.2, 0.25) is 0 Å². The predicted octanol–water partition coefficient (Wildman–Crippen LogP) is 0.687. The molecule has 1 N–H and O–H groups in total. The number of nitrogens with one attached hydrogen (secondary N) is 1. The van der Waals surface area contributed by atoms with Crippen LogP contribution >= 0.6 is 0 Å². The highest BCUT2D eigenvalue weighted by Crippen LogP contribution is 1.93. The molecule has 0 bridgehead atoms. The summed E-state index contributed by atoms with van der Waals surface area (Å²) in [5.74, 6) is -0.104. The van der Waals surface area contributed by atoms with Gasteiger partial charge in [-0.25, -0.2) is 0 Å². The number of rotatable bonds is 1. The van der Waals surface area contributed by atoms with Crippen LogP contribution in [-0.4, -0.2) is 17.9 Å². The Morgan fingerprint density at radius 2 is 2.60 bits per heavy atom. The molecule has 54 valence electrons. The smallest absolute Gasteiger partial charge is 0.252 e. The molecule has 3 nitrogen and oxygen atoms in total. The van der Waals surface area contributed by atoms with Crippen LogP contribution in [-0.2, 0) is 0 Å². The van der Waals surface area contributed by atoms with Gasteiger partial charge in [0.2, 0.25) is 0 Å². The summed E-state index contributed by atoms with van der Waals surface area (Å²) in [4.78, 5) is 14.7. The highest BCUT2D eigenvalue weighted by atomic mass is 16.1. The van der Waals surface area contributed by atoms with E-state index in [-0.39, 0.29) is 7.33 Å². The first kappa shape index (κ1) is 6.74. The maximum Gasteiger partial charge on any atom is 0.252 e. The maximum absolute atomic E-state index is 10.9. The van der Waals surface area contributed by atoms with E-state index >= 15 is 0 Å². The molecular formula is C7H10N2O. The molecule has 1 aromatic rings. The molecule has 0 unspecified atom stereocenters. The molecule has 0 radical (unpaired) electrons. The number of hydrogen-bond donors (Lipinski definition) is 1. The van der Waals surface area contributed by atoms with Crippen LogP contribution in [0.25, 0.3) is 0 Å². The molecule has 1 heterocycles. The lowest BCUT2D eigenvalue weighted by Gasteiger charge is -1.95. The van der Waals surface area contributed by atoms with E-state index in [1.54, 1.807) is 25.4 Å². The van der Waals surface area contributed by atoms with Crippen LogP contribution in [0.4, 0.5) is 0 Å². The molecule has 3 heteroatoms. The van der Waals surface area contributed by atoms with Gasteiger partial charge < -0.3 is 5.32 Å². The molecule has 1 rings (SSSR count). The van der Waals surface area contributed by atoms with Gasteiger partial charge in [-0.15, -0.1) is 0 Å².